The number of aryl methyl sites for hydroxylation is 2. The van der Waals surface area contributed by atoms with E-state index < -0.39 is 8.07 Å². The van der Waals surface area contributed by atoms with E-state index in [1.807, 2.05) is 27.7 Å². The zero-order valence-corrected chi connectivity index (χ0v) is 31.4. The van der Waals surface area contributed by atoms with Gasteiger partial charge in [0.2, 0.25) is 0 Å². The van der Waals surface area contributed by atoms with Gasteiger partial charge in [0.15, 0.2) is 5.78 Å². The normalized spacial score (nSPS) is 11.8. The second kappa shape index (κ2) is 17.0. The van der Waals surface area contributed by atoms with Gasteiger partial charge in [-0.05, 0) is 54.0 Å². The summed E-state index contributed by atoms with van der Waals surface area (Å²) >= 11 is 0. The van der Waals surface area contributed by atoms with Crippen molar-refractivity contribution in [1.82, 2.24) is 4.98 Å². The summed E-state index contributed by atoms with van der Waals surface area (Å²) < 4.78 is 0. The van der Waals surface area contributed by atoms with E-state index in [0.29, 0.717) is 0 Å². The number of nitrogens with zero attached hydrogens (tertiary/aromatic N) is 1. The number of allylic oxidation sites excluding steroid dienone is 2. The van der Waals surface area contributed by atoms with Crippen LogP contribution in [0.15, 0.2) is 78.6 Å². The van der Waals surface area contributed by atoms with Crippen LogP contribution in [-0.2, 0) is 24.9 Å². The quantitative estimate of drug-likeness (QED) is 0.0754. The maximum Gasteiger partial charge on any atom is 0.162 e. The SMILES string of the molecule is CCC(CC)C(=O)/C=C(\O)C(CC)CC.Cc1[c-]c(-c2ccc3cc([Si](C)(C)C)c(-c4ccccc4)cc3n2)cc(C)c1.[Ir]. The predicted molar refractivity (Wildman–Crippen MR) is 188 cm³/mol. The number of pyridine rings is 1. The molecule has 5 heteroatoms. The minimum atomic E-state index is -1.50. The molecule has 0 aliphatic carbocycles. The maximum atomic E-state index is 11.7. The van der Waals surface area contributed by atoms with Crippen LogP contribution < -0.4 is 5.19 Å². The molecule has 1 aromatic heterocycles. The molecule has 44 heavy (non-hydrogen) atoms. The fourth-order valence-electron chi connectivity index (χ4n) is 5.61. The predicted octanol–water partition coefficient (Wildman–Crippen LogP) is 10.4. The molecule has 0 aliphatic rings. The van der Waals surface area contributed by atoms with Crippen LogP contribution in [0.25, 0.3) is 33.3 Å². The summed E-state index contributed by atoms with van der Waals surface area (Å²) in [6.45, 7) is 19.5. The minimum Gasteiger partial charge on any atom is -0.512 e. The van der Waals surface area contributed by atoms with Gasteiger partial charge in [0.05, 0.1) is 19.3 Å². The Labute approximate surface area is 280 Å². The zero-order valence-electron chi connectivity index (χ0n) is 28.0. The van der Waals surface area contributed by atoms with Crippen LogP contribution in [0.5, 0.6) is 0 Å². The molecule has 237 valence electrons. The second-order valence-corrected chi connectivity index (χ2v) is 17.7. The number of carbonyl (C=O) groups is 1. The molecular weight excluding hydrogens is 735 g/mol. The van der Waals surface area contributed by atoms with Gasteiger partial charge in [-0.15, -0.1) is 34.9 Å². The van der Waals surface area contributed by atoms with Crippen LogP contribution in [0.4, 0.5) is 0 Å². The van der Waals surface area contributed by atoms with Gasteiger partial charge < -0.3 is 5.11 Å². The fraction of sp³-hybridized carbons (Fsp3) is 0.385. The smallest absolute Gasteiger partial charge is 0.162 e. The number of fused-ring (bicyclic) bond motifs is 1. The van der Waals surface area contributed by atoms with Gasteiger partial charge in [0.25, 0.3) is 0 Å². The van der Waals surface area contributed by atoms with Crippen LogP contribution in [0.2, 0.25) is 19.6 Å². The third-order valence-electron chi connectivity index (χ3n) is 8.23. The summed E-state index contributed by atoms with van der Waals surface area (Å²) in [4.78, 5) is 16.7. The first-order valence-corrected chi connectivity index (χ1v) is 19.4. The van der Waals surface area contributed by atoms with E-state index in [1.165, 1.54) is 33.3 Å². The number of aliphatic hydroxyl groups is 1. The molecule has 0 amide bonds. The molecule has 0 aliphatic heterocycles. The van der Waals surface area contributed by atoms with Gasteiger partial charge >= 0.3 is 0 Å². The Balaban J connectivity index is 0.000000363. The topological polar surface area (TPSA) is 50.2 Å². The Morgan fingerprint density at radius 1 is 0.864 bits per heavy atom. The third-order valence-corrected chi connectivity index (χ3v) is 10.3. The van der Waals surface area contributed by atoms with Gasteiger partial charge in [0.1, 0.15) is 0 Å². The summed E-state index contributed by atoms with van der Waals surface area (Å²) in [6, 6.07) is 27.5. The number of rotatable bonds is 10. The first kappa shape index (κ1) is 37.3. The van der Waals surface area contributed by atoms with Crippen molar-refractivity contribution in [2.75, 3.05) is 0 Å². The van der Waals surface area contributed by atoms with Crippen molar-refractivity contribution in [3.05, 3.63) is 95.8 Å². The number of carbonyl (C=O) groups excluding carboxylic acids is 1. The van der Waals surface area contributed by atoms with Gasteiger partial charge in [-0.2, -0.15) is 0 Å². The monoisotopic (exact) mass is 785 g/mol. The third kappa shape index (κ3) is 9.82. The molecule has 0 atom stereocenters. The zero-order chi connectivity index (χ0) is 31.7. The summed E-state index contributed by atoms with van der Waals surface area (Å²) in [6.07, 6.45) is 4.91. The number of benzene rings is 3. The molecule has 1 radical (unpaired) electrons. The van der Waals surface area contributed by atoms with Crippen LogP contribution in [0, 0.1) is 31.7 Å². The summed E-state index contributed by atoms with van der Waals surface area (Å²) in [7, 11) is -1.50. The Bertz CT molecular complexity index is 1530. The van der Waals surface area contributed by atoms with E-state index >= 15 is 0 Å². The summed E-state index contributed by atoms with van der Waals surface area (Å²) in [5.41, 5.74) is 8.08. The van der Waals surface area contributed by atoms with Crippen molar-refractivity contribution in [2.45, 2.75) is 86.9 Å². The average Bonchev–Trinajstić information content (AvgIpc) is 2.97. The van der Waals surface area contributed by atoms with Gasteiger partial charge in [-0.1, -0.05) is 115 Å². The van der Waals surface area contributed by atoms with Gasteiger partial charge in [0, 0.05) is 38.0 Å². The second-order valence-electron chi connectivity index (χ2n) is 12.7. The number of hydrogen-bond donors (Lipinski definition) is 1. The van der Waals surface area contributed by atoms with Crippen LogP contribution >= 0.6 is 0 Å². The fourth-order valence-corrected chi connectivity index (χ4v) is 7.22. The first-order valence-electron chi connectivity index (χ1n) is 15.9. The average molecular weight is 785 g/mol. The molecule has 4 aromatic rings. The molecule has 3 aromatic carbocycles. The summed E-state index contributed by atoms with van der Waals surface area (Å²) in [5, 5.41) is 12.5. The summed E-state index contributed by atoms with van der Waals surface area (Å²) in [5.74, 6) is 0.547. The van der Waals surface area contributed by atoms with Crippen molar-refractivity contribution in [1.29, 1.82) is 0 Å². The Hall–Kier alpha value is -2.85. The van der Waals surface area contributed by atoms with E-state index in [4.69, 9.17) is 4.98 Å². The molecule has 1 heterocycles. The van der Waals surface area contributed by atoms with Gasteiger partial charge in [-0.3, -0.25) is 9.78 Å². The van der Waals surface area contributed by atoms with Crippen molar-refractivity contribution in [3.63, 3.8) is 0 Å². The van der Waals surface area contributed by atoms with E-state index in [-0.39, 0.29) is 43.5 Å². The molecule has 0 unspecified atom stereocenters. The molecule has 0 bridgehead atoms. The van der Waals surface area contributed by atoms with Crippen LogP contribution in [-0.4, -0.2) is 23.9 Å². The minimum absolute atomic E-state index is 0. The van der Waals surface area contributed by atoms with Crippen molar-refractivity contribution in [3.8, 4) is 22.4 Å². The number of aromatic nitrogens is 1. The van der Waals surface area contributed by atoms with Crippen molar-refractivity contribution in [2.24, 2.45) is 11.8 Å². The van der Waals surface area contributed by atoms with Crippen LogP contribution in [0.1, 0.15) is 64.5 Å². The first-order chi connectivity index (χ1) is 20.4. The molecular formula is C39H50IrNO2Si-. The molecule has 3 nitrogen and oxygen atoms in total. The molecule has 0 saturated carbocycles. The van der Waals surface area contributed by atoms with Crippen molar-refractivity contribution < 1.29 is 30.0 Å². The van der Waals surface area contributed by atoms with E-state index in [9.17, 15) is 9.90 Å². The molecule has 4 rings (SSSR count). The molecule has 1 N–H and O–H groups in total. The van der Waals surface area contributed by atoms with Crippen molar-refractivity contribution >= 4 is 29.9 Å². The maximum absolute atomic E-state index is 11.7. The van der Waals surface area contributed by atoms with Crippen LogP contribution in [0.3, 0.4) is 0 Å². The van der Waals surface area contributed by atoms with E-state index in [2.05, 4.69) is 106 Å². The standard InChI is InChI=1S/C26H26NSi.C13H24O2.Ir/c1-18-13-19(2)15-22(14-18)24-12-11-21-16-26(28(3,4)5)23(17-25(21)27-24)20-9-7-6-8-10-20;1-5-10(6-2)12(14)9-13(15)11(7-3)8-4;/h6-14,16-17H,1-5H3;9-11,14H,5-8H2,1-4H3;/q-1;;/b;12-9-;. The molecule has 0 saturated heterocycles. The number of ketones is 1. The molecule has 0 spiro atoms. The Morgan fingerprint density at radius 3 is 2.02 bits per heavy atom. The van der Waals surface area contributed by atoms with E-state index in [1.54, 1.807) is 0 Å². The Kier molecular flexibility index (Phi) is 14.4. The number of hydrogen-bond acceptors (Lipinski definition) is 3. The van der Waals surface area contributed by atoms with Gasteiger partial charge in [-0.25, -0.2) is 0 Å². The largest absolute Gasteiger partial charge is 0.512 e. The van der Waals surface area contributed by atoms with E-state index in [0.717, 1.165) is 48.0 Å². The molecule has 0 fully saturated rings. The Morgan fingerprint density at radius 2 is 1.48 bits per heavy atom. The number of aliphatic hydroxyl groups excluding tert-OH is 1.